The van der Waals surface area contributed by atoms with Crippen LogP contribution in [0.4, 0.5) is 0 Å². The Morgan fingerprint density at radius 3 is 1.77 bits per heavy atom. The van der Waals surface area contributed by atoms with Crippen LogP contribution in [0.5, 0.6) is 0 Å². The van der Waals surface area contributed by atoms with E-state index in [1.54, 1.807) is 54.6 Å². The molecule has 0 aliphatic heterocycles. The number of carbonyl (C=O) groups is 2. The first-order valence-electron chi connectivity index (χ1n) is 9.10. The summed E-state index contributed by atoms with van der Waals surface area (Å²) in [6.07, 6.45) is 6.64. The van der Waals surface area contributed by atoms with Crippen LogP contribution in [-0.2, 0) is 0 Å². The maximum absolute atomic E-state index is 11.1. The van der Waals surface area contributed by atoms with Crippen LogP contribution in [0.25, 0.3) is 0 Å². The van der Waals surface area contributed by atoms with Gasteiger partial charge in [0.25, 0.3) is 0 Å². The number of carbonyl (C=O) groups excluding carboxylic acids is 2. The molecular formula is C26H17ClN2O2. The van der Waals surface area contributed by atoms with Gasteiger partial charge in [-0.05, 0) is 44.2 Å². The Morgan fingerprint density at radius 1 is 0.871 bits per heavy atom. The van der Waals surface area contributed by atoms with Gasteiger partial charge in [-0.3, -0.25) is 9.59 Å². The third-order valence-corrected chi connectivity index (χ3v) is 4.34. The number of halogens is 1. The molecule has 4 nitrogen and oxygen atoms in total. The van der Waals surface area contributed by atoms with Gasteiger partial charge >= 0.3 is 0 Å². The van der Waals surface area contributed by atoms with E-state index in [9.17, 15) is 9.59 Å². The maximum atomic E-state index is 11.1. The molecule has 150 valence electrons. The van der Waals surface area contributed by atoms with Gasteiger partial charge in [0.1, 0.15) is 6.07 Å². The highest BCUT2D eigenvalue weighted by atomic mass is 35.5. The molecule has 1 aromatic heterocycles. The Labute approximate surface area is 186 Å². The molecule has 0 aliphatic carbocycles. The molecule has 0 saturated heterocycles. The van der Waals surface area contributed by atoms with Crippen LogP contribution < -0.4 is 0 Å². The second-order valence-corrected chi connectivity index (χ2v) is 6.73. The predicted molar refractivity (Wildman–Crippen MR) is 121 cm³/mol. The van der Waals surface area contributed by atoms with Gasteiger partial charge in [-0.25, -0.2) is 4.98 Å². The highest BCUT2D eigenvalue weighted by Gasteiger charge is 2.01. The third-order valence-electron chi connectivity index (χ3n) is 4.05. The summed E-state index contributed by atoms with van der Waals surface area (Å²) < 4.78 is 0. The SMILES string of the molecule is C#Cc1ccc(C(C)=O)cc1.CC(=O)c1ccc(C#Cc2cnc(C#N)c(Cl)c2)cc1. The summed E-state index contributed by atoms with van der Waals surface area (Å²) in [5, 5.41) is 9.01. The summed E-state index contributed by atoms with van der Waals surface area (Å²) >= 11 is 5.88. The third kappa shape index (κ3) is 6.98. The average Bonchev–Trinajstić information content (AvgIpc) is 2.78. The monoisotopic (exact) mass is 424 g/mol. The van der Waals surface area contributed by atoms with Crippen molar-refractivity contribution in [2.45, 2.75) is 13.8 Å². The molecule has 1 heterocycles. The largest absolute Gasteiger partial charge is 0.295 e. The molecular weight excluding hydrogens is 408 g/mol. The second-order valence-electron chi connectivity index (χ2n) is 6.33. The first-order valence-corrected chi connectivity index (χ1v) is 9.48. The van der Waals surface area contributed by atoms with E-state index in [1.807, 2.05) is 6.07 Å². The predicted octanol–water partition coefficient (Wildman–Crippen LogP) is 5.08. The fraction of sp³-hybridized carbons (Fsp3) is 0.0769. The normalized spacial score (nSPS) is 9.06. The van der Waals surface area contributed by atoms with Crippen molar-refractivity contribution >= 4 is 23.2 Å². The summed E-state index contributed by atoms with van der Waals surface area (Å²) in [4.78, 5) is 25.8. The number of aromatic nitrogens is 1. The van der Waals surface area contributed by atoms with E-state index in [-0.39, 0.29) is 22.3 Å². The van der Waals surface area contributed by atoms with E-state index in [1.165, 1.54) is 20.0 Å². The fourth-order valence-corrected chi connectivity index (χ4v) is 2.53. The average molecular weight is 425 g/mol. The zero-order chi connectivity index (χ0) is 22.8. The number of nitriles is 1. The van der Waals surface area contributed by atoms with Gasteiger partial charge in [-0.15, -0.1) is 6.42 Å². The summed E-state index contributed by atoms with van der Waals surface area (Å²) in [6.45, 7) is 3.05. The second kappa shape index (κ2) is 11.1. The van der Waals surface area contributed by atoms with Gasteiger partial charge in [0.2, 0.25) is 0 Å². The number of pyridine rings is 1. The van der Waals surface area contributed by atoms with Crippen LogP contribution in [0.2, 0.25) is 5.02 Å². The molecule has 31 heavy (non-hydrogen) atoms. The summed E-state index contributed by atoms with van der Waals surface area (Å²) in [6, 6.07) is 17.5. The number of rotatable bonds is 2. The number of terminal acetylenes is 1. The highest BCUT2D eigenvalue weighted by molar-refractivity contribution is 6.31. The molecule has 5 heteroatoms. The summed E-state index contributed by atoms with van der Waals surface area (Å²) in [7, 11) is 0. The van der Waals surface area contributed by atoms with Crippen LogP contribution in [0.1, 0.15) is 56.9 Å². The fourth-order valence-electron chi connectivity index (χ4n) is 2.32. The molecule has 3 aromatic rings. The van der Waals surface area contributed by atoms with Crippen LogP contribution in [0.3, 0.4) is 0 Å². The molecule has 0 saturated carbocycles. The molecule has 0 amide bonds. The first kappa shape index (κ1) is 23.1. The molecule has 0 fully saturated rings. The number of benzene rings is 2. The van der Waals surface area contributed by atoms with Gasteiger partial charge in [0.05, 0.1) is 5.02 Å². The Kier molecular flexibility index (Phi) is 8.30. The molecule has 2 aromatic carbocycles. The number of Topliss-reactive ketones (excluding diaryl/α,β-unsaturated/α-hetero) is 2. The summed E-state index contributed by atoms with van der Waals surface area (Å²) in [5.74, 6) is 8.43. The summed E-state index contributed by atoms with van der Waals surface area (Å²) in [5.41, 5.74) is 3.75. The van der Waals surface area contributed by atoms with Crippen molar-refractivity contribution in [3.05, 3.63) is 99.3 Å². The molecule has 0 atom stereocenters. The molecule has 0 bridgehead atoms. The lowest BCUT2D eigenvalue weighted by Gasteiger charge is -1.96. The van der Waals surface area contributed by atoms with Crippen LogP contribution in [0, 0.1) is 35.5 Å². The van der Waals surface area contributed by atoms with E-state index in [0.29, 0.717) is 16.7 Å². The van der Waals surface area contributed by atoms with Crippen LogP contribution in [-0.4, -0.2) is 16.6 Å². The van der Waals surface area contributed by atoms with Gasteiger partial charge in [0, 0.05) is 34.0 Å². The molecule has 3 rings (SSSR count). The molecule has 0 N–H and O–H groups in total. The zero-order valence-electron chi connectivity index (χ0n) is 16.9. The van der Waals surface area contributed by atoms with E-state index in [4.69, 9.17) is 23.3 Å². The minimum absolute atomic E-state index is 0.0209. The minimum atomic E-state index is 0.0209. The molecule has 0 aliphatic rings. The number of nitrogens with zero attached hydrogens (tertiary/aromatic N) is 2. The Morgan fingerprint density at radius 2 is 1.35 bits per heavy atom. The van der Waals surface area contributed by atoms with Gasteiger partial charge in [-0.1, -0.05) is 53.6 Å². The Bertz CT molecular complexity index is 1250. The standard InChI is InChI=1S/C16H9ClN2O.C10H8O/c1-11(20)14-6-4-12(5-7-14)2-3-13-8-15(17)16(9-18)19-10-13;1-3-9-4-6-10(7-5-9)8(2)11/h4-8,10H,1H3;1,4-7H,2H3. The van der Waals surface area contributed by atoms with Crippen molar-refractivity contribution in [1.82, 2.24) is 4.98 Å². The lowest BCUT2D eigenvalue weighted by molar-refractivity contribution is 0.100. The maximum Gasteiger partial charge on any atom is 0.159 e. The molecule has 0 unspecified atom stereocenters. The van der Waals surface area contributed by atoms with Crippen LogP contribution >= 0.6 is 11.6 Å². The van der Waals surface area contributed by atoms with Crippen molar-refractivity contribution < 1.29 is 9.59 Å². The lowest BCUT2D eigenvalue weighted by atomic mass is 10.1. The van der Waals surface area contributed by atoms with E-state index in [0.717, 1.165) is 11.1 Å². The van der Waals surface area contributed by atoms with Crippen molar-refractivity contribution in [2.24, 2.45) is 0 Å². The number of hydrogen-bond donors (Lipinski definition) is 0. The number of hydrogen-bond acceptors (Lipinski definition) is 4. The van der Waals surface area contributed by atoms with Gasteiger partial charge in [0.15, 0.2) is 17.3 Å². The zero-order valence-corrected chi connectivity index (χ0v) is 17.7. The highest BCUT2D eigenvalue weighted by Crippen LogP contribution is 2.13. The first-order chi connectivity index (χ1) is 14.8. The van der Waals surface area contributed by atoms with E-state index in [2.05, 4.69) is 22.7 Å². The Hall–Kier alpha value is -4.17. The van der Waals surface area contributed by atoms with Crippen molar-refractivity contribution in [3.63, 3.8) is 0 Å². The van der Waals surface area contributed by atoms with Crippen molar-refractivity contribution in [2.75, 3.05) is 0 Å². The topological polar surface area (TPSA) is 70.8 Å². The van der Waals surface area contributed by atoms with Crippen molar-refractivity contribution in [1.29, 1.82) is 5.26 Å². The van der Waals surface area contributed by atoms with Gasteiger partial charge < -0.3 is 0 Å². The van der Waals surface area contributed by atoms with Crippen molar-refractivity contribution in [3.8, 4) is 30.3 Å². The van der Waals surface area contributed by atoms with Crippen LogP contribution in [0.15, 0.2) is 60.8 Å². The quantitative estimate of drug-likeness (QED) is 0.425. The van der Waals surface area contributed by atoms with E-state index >= 15 is 0 Å². The number of ketones is 2. The van der Waals surface area contributed by atoms with Gasteiger partial charge in [-0.2, -0.15) is 5.26 Å². The molecule has 0 radical (unpaired) electrons. The minimum Gasteiger partial charge on any atom is -0.295 e. The Balaban J connectivity index is 0.000000262. The smallest absolute Gasteiger partial charge is 0.159 e. The van der Waals surface area contributed by atoms with E-state index < -0.39 is 0 Å². The molecule has 0 spiro atoms. The lowest BCUT2D eigenvalue weighted by Crippen LogP contribution is -1.90.